The average Bonchev–Trinajstić information content (AvgIpc) is 2.79. The van der Waals surface area contributed by atoms with Crippen LogP contribution < -0.4 is 0 Å². The molecule has 242 valence electrons. The standard InChI is InChI=1S/C28H66O8Si4/c1-15-27(23-29-3,31-19-17-21-39(11,12)35-37(5,6)7)25-33-34-26-28(16-2,24-30-4)32-20-18-22-40(13,14)36-38(8,9)10/h15-26H2,1-14H3. The summed E-state index contributed by atoms with van der Waals surface area (Å²) in [5.41, 5.74) is -1.13. The maximum absolute atomic E-state index is 6.47. The molecule has 0 N–H and O–H groups in total. The molecule has 0 amide bonds. The van der Waals surface area contributed by atoms with E-state index in [4.69, 9.17) is 37.0 Å². The predicted molar refractivity (Wildman–Crippen MR) is 176 cm³/mol. The smallest absolute Gasteiger partial charge is 0.173 e. The maximum atomic E-state index is 6.47. The lowest BCUT2D eigenvalue weighted by molar-refractivity contribution is -0.346. The van der Waals surface area contributed by atoms with Gasteiger partial charge in [-0.05, 0) is 103 Å². The van der Waals surface area contributed by atoms with Crippen LogP contribution in [0.15, 0.2) is 0 Å². The third kappa shape index (κ3) is 19.0. The lowest BCUT2D eigenvalue weighted by atomic mass is 10.0. The second-order valence-electron chi connectivity index (χ2n) is 14.3. The van der Waals surface area contributed by atoms with Crippen molar-refractivity contribution in [2.45, 2.75) is 128 Å². The first-order chi connectivity index (χ1) is 18.3. The van der Waals surface area contributed by atoms with Crippen molar-refractivity contribution < 1.29 is 37.0 Å². The summed E-state index contributed by atoms with van der Waals surface area (Å²) in [5.74, 6) is 0. The van der Waals surface area contributed by atoms with Crippen LogP contribution in [0.4, 0.5) is 0 Å². The molecule has 0 aromatic carbocycles. The molecular weight excluding hydrogens is 577 g/mol. The molecule has 0 aromatic rings. The fraction of sp³-hybridized carbons (Fsp3) is 1.00. The van der Waals surface area contributed by atoms with Crippen LogP contribution in [-0.2, 0) is 37.0 Å². The first kappa shape index (κ1) is 40.5. The van der Waals surface area contributed by atoms with Crippen molar-refractivity contribution in [1.29, 1.82) is 0 Å². The molecule has 0 rings (SSSR count). The summed E-state index contributed by atoms with van der Waals surface area (Å²) in [6.45, 7) is 29.7. The molecule has 0 spiro atoms. The van der Waals surface area contributed by atoms with Crippen molar-refractivity contribution in [3.8, 4) is 0 Å². The van der Waals surface area contributed by atoms with Gasteiger partial charge >= 0.3 is 0 Å². The Morgan fingerprint density at radius 2 is 0.825 bits per heavy atom. The van der Waals surface area contributed by atoms with Crippen molar-refractivity contribution in [2.24, 2.45) is 0 Å². The lowest BCUT2D eigenvalue weighted by Gasteiger charge is -2.35. The van der Waals surface area contributed by atoms with Crippen LogP contribution in [0.3, 0.4) is 0 Å². The van der Waals surface area contributed by atoms with Gasteiger partial charge in [0.25, 0.3) is 0 Å². The fourth-order valence-electron chi connectivity index (χ4n) is 5.02. The zero-order chi connectivity index (χ0) is 31.1. The van der Waals surface area contributed by atoms with Crippen molar-refractivity contribution in [2.75, 3.05) is 53.9 Å². The Hall–Kier alpha value is 0.548. The minimum absolute atomic E-state index is 0.282. The Labute approximate surface area is 251 Å². The van der Waals surface area contributed by atoms with E-state index in [0.29, 0.717) is 26.4 Å². The minimum atomic E-state index is -1.70. The van der Waals surface area contributed by atoms with Gasteiger partial charge in [-0.25, -0.2) is 9.78 Å². The van der Waals surface area contributed by atoms with Gasteiger partial charge in [0.05, 0.1) is 13.2 Å². The summed E-state index contributed by atoms with van der Waals surface area (Å²) in [4.78, 5) is 11.5. The van der Waals surface area contributed by atoms with Crippen LogP contribution in [-0.4, -0.2) is 98.3 Å². The predicted octanol–water partition coefficient (Wildman–Crippen LogP) is 7.45. The molecule has 0 saturated heterocycles. The summed E-state index contributed by atoms with van der Waals surface area (Å²) in [6.07, 6.45) is 3.42. The normalized spacial score (nSPS) is 16.6. The van der Waals surface area contributed by atoms with E-state index >= 15 is 0 Å². The van der Waals surface area contributed by atoms with Crippen LogP contribution in [0.5, 0.6) is 0 Å². The zero-order valence-electron chi connectivity index (χ0n) is 28.8. The molecule has 0 heterocycles. The number of hydrogen-bond donors (Lipinski definition) is 0. The summed E-state index contributed by atoms with van der Waals surface area (Å²) < 4.78 is 36.8. The quantitative estimate of drug-likeness (QED) is 0.0440. The first-order valence-corrected chi connectivity index (χ1v) is 28.2. The minimum Gasteiger partial charge on any atom is -0.456 e. The molecule has 2 unspecified atom stereocenters. The highest BCUT2D eigenvalue weighted by molar-refractivity contribution is 6.84. The summed E-state index contributed by atoms with van der Waals surface area (Å²) in [6, 6.07) is 2.14. The Morgan fingerprint density at radius 1 is 0.500 bits per heavy atom. The maximum Gasteiger partial charge on any atom is 0.173 e. The second-order valence-corrected chi connectivity index (χ2v) is 32.4. The number of ether oxygens (including phenoxy) is 4. The van der Waals surface area contributed by atoms with E-state index in [1.54, 1.807) is 14.2 Å². The molecule has 0 saturated carbocycles. The monoisotopic (exact) mass is 642 g/mol. The van der Waals surface area contributed by atoms with E-state index in [2.05, 4.69) is 79.3 Å². The van der Waals surface area contributed by atoms with Gasteiger partial charge in [0.2, 0.25) is 0 Å². The molecule has 2 atom stereocenters. The third-order valence-corrected chi connectivity index (χ3v) is 19.1. The molecule has 0 fully saturated rings. The summed E-state index contributed by atoms with van der Waals surface area (Å²) in [7, 11) is -3.09. The first-order valence-electron chi connectivity index (χ1n) is 15.2. The van der Waals surface area contributed by atoms with Gasteiger partial charge in [-0.3, -0.25) is 0 Å². The second kappa shape index (κ2) is 18.4. The highest BCUT2D eigenvalue weighted by Gasteiger charge is 2.35. The largest absolute Gasteiger partial charge is 0.456 e. The topological polar surface area (TPSA) is 73.8 Å². The highest BCUT2D eigenvalue weighted by Crippen LogP contribution is 2.25. The highest BCUT2D eigenvalue weighted by atomic mass is 28.4. The number of methoxy groups -OCH3 is 2. The van der Waals surface area contributed by atoms with E-state index in [-0.39, 0.29) is 13.2 Å². The fourth-order valence-corrected chi connectivity index (χ4v) is 21.1. The van der Waals surface area contributed by atoms with Gasteiger partial charge in [0.1, 0.15) is 24.4 Å². The summed E-state index contributed by atoms with van der Waals surface area (Å²) >= 11 is 0. The Bertz CT molecular complexity index is 614. The van der Waals surface area contributed by atoms with Gasteiger partial charge in [-0.1, -0.05) is 13.8 Å². The molecule has 8 nitrogen and oxygen atoms in total. The van der Waals surface area contributed by atoms with E-state index in [1.165, 1.54) is 0 Å². The Kier molecular flexibility index (Phi) is 18.6. The molecule has 0 aromatic heterocycles. The zero-order valence-corrected chi connectivity index (χ0v) is 32.8. The third-order valence-electron chi connectivity index (χ3n) is 6.66. The van der Waals surface area contributed by atoms with Gasteiger partial charge in [0.15, 0.2) is 33.3 Å². The SMILES string of the molecule is CCC(COC)(COOCC(CC)(COC)OCCC[Si](C)(C)O[Si](C)(C)C)OCCC[Si](C)(C)O[Si](C)(C)C. The number of rotatable bonds is 25. The van der Waals surface area contributed by atoms with Crippen molar-refractivity contribution in [3.05, 3.63) is 0 Å². The van der Waals surface area contributed by atoms with E-state index in [9.17, 15) is 0 Å². The van der Waals surface area contributed by atoms with E-state index < -0.39 is 44.5 Å². The molecule has 12 heteroatoms. The lowest BCUT2D eigenvalue weighted by Crippen LogP contribution is -2.45. The molecular formula is C28H66O8Si4. The Morgan fingerprint density at radius 3 is 1.07 bits per heavy atom. The summed E-state index contributed by atoms with van der Waals surface area (Å²) in [5, 5.41) is 0. The van der Waals surface area contributed by atoms with Crippen LogP contribution in [0.25, 0.3) is 0 Å². The van der Waals surface area contributed by atoms with Gasteiger partial charge in [-0.15, -0.1) is 0 Å². The van der Waals surface area contributed by atoms with Crippen LogP contribution in [0.1, 0.15) is 39.5 Å². The molecule has 0 aliphatic rings. The van der Waals surface area contributed by atoms with E-state index in [1.807, 2.05) is 0 Å². The molecule has 0 aliphatic carbocycles. The van der Waals surface area contributed by atoms with Gasteiger partial charge in [-0.2, -0.15) is 0 Å². The average molecular weight is 643 g/mol. The van der Waals surface area contributed by atoms with Gasteiger partial charge in [0, 0.05) is 27.4 Å². The van der Waals surface area contributed by atoms with Crippen molar-refractivity contribution in [1.82, 2.24) is 0 Å². The molecule has 0 bridgehead atoms. The van der Waals surface area contributed by atoms with Crippen molar-refractivity contribution in [3.63, 3.8) is 0 Å². The van der Waals surface area contributed by atoms with Gasteiger partial charge < -0.3 is 27.2 Å². The van der Waals surface area contributed by atoms with Crippen LogP contribution in [0, 0.1) is 0 Å². The number of hydrogen-bond acceptors (Lipinski definition) is 8. The van der Waals surface area contributed by atoms with Crippen LogP contribution in [0.2, 0.25) is 77.6 Å². The van der Waals surface area contributed by atoms with Crippen molar-refractivity contribution >= 4 is 33.3 Å². The molecule has 0 aliphatic heterocycles. The van der Waals surface area contributed by atoms with Crippen LogP contribution >= 0.6 is 0 Å². The molecule has 0 radical (unpaired) electrons. The Balaban J connectivity index is 4.90. The molecule has 40 heavy (non-hydrogen) atoms. The van der Waals surface area contributed by atoms with E-state index in [0.717, 1.165) is 37.8 Å².